The number of halogens is 1. The molecule has 2 aromatic heterocycles. The zero-order valence-corrected chi connectivity index (χ0v) is 15.1. The van der Waals surface area contributed by atoms with Crippen molar-refractivity contribution in [2.24, 2.45) is 0 Å². The van der Waals surface area contributed by atoms with Gasteiger partial charge in [0.15, 0.2) is 5.76 Å². The number of aromatic nitrogens is 2. The number of rotatable bonds is 6. The molecule has 0 fully saturated rings. The lowest BCUT2D eigenvalue weighted by molar-refractivity contribution is 0.0922. The third kappa shape index (κ3) is 4.20. The molecule has 0 aliphatic carbocycles. The predicted octanol–water partition coefficient (Wildman–Crippen LogP) is 3.81. The number of amides is 1. The van der Waals surface area contributed by atoms with Crippen LogP contribution in [0.5, 0.6) is 0 Å². The molecule has 1 N–H and O–H groups in total. The summed E-state index contributed by atoms with van der Waals surface area (Å²) in [7, 11) is 0. The van der Waals surface area contributed by atoms with Gasteiger partial charge in [0.25, 0.3) is 5.91 Å². The largest absolute Gasteiger partial charge is 0.454 e. The molecule has 26 heavy (non-hydrogen) atoms. The number of carbonyl (C=O) groups excluding carboxylic acids is 1. The Morgan fingerprint density at radius 2 is 1.96 bits per heavy atom. The highest BCUT2D eigenvalue weighted by atomic mass is 19.1. The van der Waals surface area contributed by atoms with E-state index < -0.39 is 0 Å². The summed E-state index contributed by atoms with van der Waals surface area (Å²) < 4.78 is 20.5. The Kier molecular flexibility index (Phi) is 5.21. The number of carbonyl (C=O) groups is 1. The van der Waals surface area contributed by atoms with Crippen molar-refractivity contribution in [2.75, 3.05) is 6.54 Å². The third-order valence-electron chi connectivity index (χ3n) is 4.30. The molecule has 0 saturated carbocycles. The molecule has 5 nitrogen and oxygen atoms in total. The molecule has 0 aliphatic rings. The van der Waals surface area contributed by atoms with E-state index in [1.165, 1.54) is 12.1 Å². The molecule has 136 valence electrons. The Morgan fingerprint density at radius 3 is 2.62 bits per heavy atom. The third-order valence-corrected chi connectivity index (χ3v) is 4.30. The molecule has 3 rings (SSSR count). The molecule has 6 heteroatoms. The number of aryl methyl sites for hydroxylation is 2. The number of nitrogens with one attached hydrogen (secondary N) is 1. The van der Waals surface area contributed by atoms with Crippen LogP contribution in [0.4, 0.5) is 4.39 Å². The maximum Gasteiger partial charge on any atom is 0.287 e. The van der Waals surface area contributed by atoms with Gasteiger partial charge in [-0.15, -0.1) is 0 Å². The summed E-state index contributed by atoms with van der Waals surface area (Å²) in [5.41, 5.74) is 2.95. The highest BCUT2D eigenvalue weighted by Crippen LogP contribution is 2.16. The summed E-state index contributed by atoms with van der Waals surface area (Å²) in [4.78, 5) is 12.3. The van der Waals surface area contributed by atoms with Gasteiger partial charge in [-0.3, -0.25) is 9.48 Å². The molecule has 0 saturated heterocycles. The number of hydrogen-bond donors (Lipinski definition) is 1. The highest BCUT2D eigenvalue weighted by Gasteiger charge is 2.14. The number of furan rings is 1. The van der Waals surface area contributed by atoms with E-state index in [1.807, 2.05) is 31.5 Å². The molecule has 1 atom stereocenters. The second kappa shape index (κ2) is 7.56. The van der Waals surface area contributed by atoms with Crippen LogP contribution in [0, 0.1) is 19.7 Å². The molecule has 0 aliphatic heterocycles. The fourth-order valence-corrected chi connectivity index (χ4v) is 2.81. The molecule has 0 bridgehead atoms. The fourth-order valence-electron chi connectivity index (χ4n) is 2.81. The van der Waals surface area contributed by atoms with E-state index in [-0.39, 0.29) is 23.4 Å². The van der Waals surface area contributed by atoms with Crippen LogP contribution < -0.4 is 5.32 Å². The molecule has 1 unspecified atom stereocenters. The molecule has 0 radical (unpaired) electrons. The van der Waals surface area contributed by atoms with E-state index in [2.05, 4.69) is 10.4 Å². The lowest BCUT2D eigenvalue weighted by Gasteiger charge is -2.12. The highest BCUT2D eigenvalue weighted by molar-refractivity contribution is 5.91. The first-order valence-corrected chi connectivity index (χ1v) is 8.56. The Hall–Kier alpha value is -2.89. The lowest BCUT2D eigenvalue weighted by atomic mass is 10.0. The summed E-state index contributed by atoms with van der Waals surface area (Å²) in [6, 6.07) is 11.7. The van der Waals surface area contributed by atoms with E-state index >= 15 is 0 Å². The van der Waals surface area contributed by atoms with Crippen LogP contribution in [0.3, 0.4) is 0 Å². The summed E-state index contributed by atoms with van der Waals surface area (Å²) in [6.45, 7) is 6.82. The summed E-state index contributed by atoms with van der Waals surface area (Å²) in [6.07, 6.45) is 0. The van der Waals surface area contributed by atoms with Gasteiger partial charge in [0, 0.05) is 12.2 Å². The predicted molar refractivity (Wildman–Crippen MR) is 96.7 cm³/mol. The minimum Gasteiger partial charge on any atom is -0.454 e. The van der Waals surface area contributed by atoms with Crippen LogP contribution in [0.1, 0.15) is 46.1 Å². The van der Waals surface area contributed by atoms with E-state index in [0.717, 1.165) is 17.0 Å². The van der Waals surface area contributed by atoms with Crippen LogP contribution >= 0.6 is 0 Å². The number of benzene rings is 1. The quantitative estimate of drug-likeness (QED) is 0.731. The zero-order valence-electron chi connectivity index (χ0n) is 15.1. The van der Waals surface area contributed by atoms with Crippen molar-refractivity contribution >= 4 is 5.91 Å². The molecule has 1 aromatic carbocycles. The van der Waals surface area contributed by atoms with Crippen LogP contribution in [0.15, 0.2) is 46.9 Å². The second-order valence-corrected chi connectivity index (χ2v) is 6.51. The van der Waals surface area contributed by atoms with Crippen molar-refractivity contribution < 1.29 is 13.6 Å². The van der Waals surface area contributed by atoms with E-state index in [1.54, 1.807) is 24.3 Å². The second-order valence-electron chi connectivity index (χ2n) is 6.51. The van der Waals surface area contributed by atoms with Gasteiger partial charge >= 0.3 is 0 Å². The fraction of sp³-hybridized carbons (Fsp3) is 0.300. The van der Waals surface area contributed by atoms with Gasteiger partial charge < -0.3 is 9.73 Å². The maximum absolute atomic E-state index is 13.0. The normalized spacial score (nSPS) is 12.2. The summed E-state index contributed by atoms with van der Waals surface area (Å²) in [5.74, 6) is 0.485. The first-order chi connectivity index (χ1) is 12.4. The monoisotopic (exact) mass is 355 g/mol. The molecular formula is C20H22FN3O2. The van der Waals surface area contributed by atoms with Crippen LogP contribution in [-0.2, 0) is 6.54 Å². The first kappa shape index (κ1) is 17.9. The SMILES string of the molecule is Cc1cc(C)n(Cc2ccc(C(=O)NCC(C)c3ccc(F)cc3)o2)n1. The Morgan fingerprint density at radius 1 is 1.23 bits per heavy atom. The smallest absolute Gasteiger partial charge is 0.287 e. The van der Waals surface area contributed by atoms with Gasteiger partial charge in [-0.1, -0.05) is 19.1 Å². The molecule has 1 amide bonds. The van der Waals surface area contributed by atoms with Gasteiger partial charge in [-0.2, -0.15) is 5.10 Å². The van der Waals surface area contributed by atoms with Crippen molar-refractivity contribution in [1.29, 1.82) is 0 Å². The average molecular weight is 355 g/mol. The van der Waals surface area contributed by atoms with E-state index in [9.17, 15) is 9.18 Å². The molecule has 2 heterocycles. The van der Waals surface area contributed by atoms with Crippen LogP contribution in [0.2, 0.25) is 0 Å². The standard InChI is InChI=1S/C20H22FN3O2/c1-13(16-4-6-17(21)7-5-16)11-22-20(25)19-9-8-18(26-19)12-24-15(3)10-14(2)23-24/h4-10,13H,11-12H2,1-3H3,(H,22,25). The van der Waals surface area contributed by atoms with Crippen LogP contribution in [0.25, 0.3) is 0 Å². The Bertz CT molecular complexity index is 896. The van der Waals surface area contributed by atoms with Gasteiger partial charge in [-0.25, -0.2) is 4.39 Å². The molecule has 0 spiro atoms. The van der Waals surface area contributed by atoms with Crippen molar-refractivity contribution in [3.05, 3.63) is 76.8 Å². The number of nitrogens with zero attached hydrogens (tertiary/aromatic N) is 2. The molecular weight excluding hydrogens is 333 g/mol. The zero-order chi connectivity index (χ0) is 18.7. The lowest BCUT2D eigenvalue weighted by Crippen LogP contribution is -2.27. The minimum atomic E-state index is -0.268. The van der Waals surface area contributed by atoms with Crippen molar-refractivity contribution in [1.82, 2.24) is 15.1 Å². The van der Waals surface area contributed by atoms with E-state index in [4.69, 9.17) is 4.42 Å². The van der Waals surface area contributed by atoms with E-state index in [0.29, 0.717) is 18.8 Å². The van der Waals surface area contributed by atoms with Crippen LogP contribution in [-0.4, -0.2) is 22.2 Å². The van der Waals surface area contributed by atoms with Gasteiger partial charge in [-0.05, 0) is 55.7 Å². The van der Waals surface area contributed by atoms with Crippen molar-refractivity contribution in [2.45, 2.75) is 33.2 Å². The van der Waals surface area contributed by atoms with Gasteiger partial charge in [0.1, 0.15) is 11.6 Å². The summed E-state index contributed by atoms with van der Waals surface area (Å²) >= 11 is 0. The van der Waals surface area contributed by atoms with Gasteiger partial charge in [0.05, 0.1) is 12.2 Å². The van der Waals surface area contributed by atoms with Gasteiger partial charge in [0.2, 0.25) is 0 Å². The number of hydrogen-bond acceptors (Lipinski definition) is 3. The Labute approximate surface area is 151 Å². The maximum atomic E-state index is 13.0. The first-order valence-electron chi connectivity index (χ1n) is 8.56. The average Bonchev–Trinajstić information content (AvgIpc) is 3.20. The summed E-state index contributed by atoms with van der Waals surface area (Å²) in [5, 5.41) is 7.24. The van der Waals surface area contributed by atoms with Crippen molar-refractivity contribution in [3.63, 3.8) is 0 Å². The topological polar surface area (TPSA) is 60.1 Å². The minimum absolute atomic E-state index is 0.0729. The molecule has 3 aromatic rings. The van der Waals surface area contributed by atoms with Crippen molar-refractivity contribution in [3.8, 4) is 0 Å². The Balaban J connectivity index is 1.57.